The van der Waals surface area contributed by atoms with E-state index in [0.29, 0.717) is 51.1 Å². The van der Waals surface area contributed by atoms with Gasteiger partial charge in [-0.25, -0.2) is 14.7 Å². The summed E-state index contributed by atoms with van der Waals surface area (Å²) in [6.07, 6.45) is 2.12. The minimum atomic E-state index is -3.50. The monoisotopic (exact) mass is 550 g/mol. The summed E-state index contributed by atoms with van der Waals surface area (Å²) in [4.78, 5) is 23.5. The Hall–Kier alpha value is -2.41. The van der Waals surface area contributed by atoms with Crippen LogP contribution in [0.15, 0.2) is 47.6 Å². The molecule has 3 aromatic rings. The Labute approximate surface area is 217 Å². The first-order chi connectivity index (χ1) is 16.8. The summed E-state index contributed by atoms with van der Waals surface area (Å²) in [5.74, 6) is 0.365. The van der Waals surface area contributed by atoms with Crippen molar-refractivity contribution in [1.82, 2.24) is 19.0 Å². The van der Waals surface area contributed by atoms with Gasteiger partial charge < -0.3 is 5.32 Å². The number of halogens is 2. The van der Waals surface area contributed by atoms with Crippen LogP contribution >= 0.6 is 35.0 Å². The zero-order valence-electron chi connectivity index (χ0n) is 18.5. The molecule has 0 aliphatic carbocycles. The van der Waals surface area contributed by atoms with Crippen LogP contribution in [0.4, 0.5) is 17.3 Å². The molecule has 0 bridgehead atoms. The van der Waals surface area contributed by atoms with E-state index in [1.807, 2.05) is 18.2 Å². The van der Waals surface area contributed by atoms with Gasteiger partial charge in [0.1, 0.15) is 5.03 Å². The number of hydrogen-bond acceptors (Lipinski definition) is 7. The lowest BCUT2D eigenvalue weighted by atomic mass is 10.0. The number of fused-ring (bicyclic) bond motifs is 2. The van der Waals surface area contributed by atoms with Crippen molar-refractivity contribution < 1.29 is 13.2 Å². The molecule has 1 aromatic heterocycles. The van der Waals surface area contributed by atoms with Crippen LogP contribution in [-0.2, 0) is 23.2 Å². The standard InChI is InChI=1S/C22H20Cl2N6O3S2/c1-25-35(32,33)29-8-7-13-5-6-15(9-14(13)11-29)27-22-26-10-16-20(28-22)34-12-30(21(16)31)19-17(23)3-2-4-18(19)24/h2-6,9-10,25H,7-8,11-12H2,1H3,(H,26,27,28). The Morgan fingerprint density at radius 1 is 1.11 bits per heavy atom. The predicted octanol–water partition coefficient (Wildman–Crippen LogP) is 4.06. The van der Waals surface area contributed by atoms with Gasteiger partial charge in [-0.2, -0.15) is 12.7 Å². The van der Waals surface area contributed by atoms with Gasteiger partial charge in [0, 0.05) is 32.0 Å². The van der Waals surface area contributed by atoms with Gasteiger partial charge in [-0.05, 0) is 41.8 Å². The van der Waals surface area contributed by atoms with E-state index in [1.54, 1.807) is 18.2 Å². The van der Waals surface area contributed by atoms with Crippen LogP contribution in [0.1, 0.15) is 21.5 Å². The van der Waals surface area contributed by atoms with Crippen LogP contribution in [0.25, 0.3) is 0 Å². The van der Waals surface area contributed by atoms with Gasteiger partial charge in [0.05, 0.1) is 27.2 Å². The van der Waals surface area contributed by atoms with E-state index < -0.39 is 10.2 Å². The van der Waals surface area contributed by atoms with E-state index in [-0.39, 0.29) is 12.5 Å². The Kier molecular flexibility index (Phi) is 6.64. The zero-order valence-corrected chi connectivity index (χ0v) is 21.6. The number of carbonyl (C=O) groups is 1. The fourth-order valence-corrected chi connectivity index (χ4v) is 6.44. The first kappa shape index (κ1) is 24.3. The molecule has 2 aliphatic rings. The third-order valence-electron chi connectivity index (χ3n) is 5.80. The van der Waals surface area contributed by atoms with Crippen molar-refractivity contribution >= 4 is 68.4 Å². The second-order valence-corrected chi connectivity index (χ2v) is 11.5. The average molecular weight is 551 g/mol. The largest absolute Gasteiger partial charge is 0.324 e. The molecule has 5 rings (SSSR count). The lowest BCUT2D eigenvalue weighted by Crippen LogP contribution is -2.41. The summed E-state index contributed by atoms with van der Waals surface area (Å²) in [6, 6.07) is 10.9. The first-order valence-corrected chi connectivity index (χ1v) is 13.8. The van der Waals surface area contributed by atoms with Gasteiger partial charge in [-0.1, -0.05) is 47.1 Å². The Morgan fingerprint density at radius 3 is 2.63 bits per heavy atom. The van der Waals surface area contributed by atoms with Gasteiger partial charge in [0.25, 0.3) is 16.1 Å². The van der Waals surface area contributed by atoms with Crippen molar-refractivity contribution in [2.45, 2.75) is 18.0 Å². The average Bonchev–Trinajstić information content (AvgIpc) is 2.85. The molecule has 0 radical (unpaired) electrons. The number of nitrogens with one attached hydrogen (secondary N) is 2. The van der Waals surface area contributed by atoms with Crippen molar-refractivity contribution in [2.24, 2.45) is 0 Å². The highest BCUT2D eigenvalue weighted by atomic mass is 35.5. The molecule has 2 aromatic carbocycles. The molecule has 35 heavy (non-hydrogen) atoms. The van der Waals surface area contributed by atoms with E-state index in [2.05, 4.69) is 20.0 Å². The number of thioether (sulfide) groups is 1. The Balaban J connectivity index is 1.36. The summed E-state index contributed by atoms with van der Waals surface area (Å²) in [5.41, 5.74) is 3.56. The minimum absolute atomic E-state index is 0.278. The fourth-order valence-electron chi connectivity index (χ4n) is 4.00. The van der Waals surface area contributed by atoms with E-state index in [1.165, 1.54) is 34.2 Å². The molecule has 2 aliphatic heterocycles. The number of nitrogens with zero attached hydrogens (tertiary/aromatic N) is 4. The van der Waals surface area contributed by atoms with Crippen LogP contribution in [0, 0.1) is 0 Å². The molecule has 0 spiro atoms. The Morgan fingerprint density at radius 2 is 1.89 bits per heavy atom. The fraction of sp³-hybridized carbons (Fsp3) is 0.227. The van der Waals surface area contributed by atoms with Crippen LogP contribution in [0.5, 0.6) is 0 Å². The quantitative estimate of drug-likeness (QED) is 0.461. The number of amides is 1. The molecule has 1 amide bonds. The van der Waals surface area contributed by atoms with Crippen molar-refractivity contribution in [3.05, 3.63) is 69.3 Å². The third kappa shape index (κ3) is 4.72. The lowest BCUT2D eigenvalue weighted by Gasteiger charge is -2.29. The maximum atomic E-state index is 13.1. The number of para-hydroxylation sites is 1. The van der Waals surface area contributed by atoms with E-state index in [4.69, 9.17) is 23.2 Å². The van der Waals surface area contributed by atoms with Crippen molar-refractivity contribution in [3.8, 4) is 0 Å². The molecule has 0 unspecified atom stereocenters. The normalized spacial score (nSPS) is 16.1. The highest BCUT2D eigenvalue weighted by Crippen LogP contribution is 2.39. The van der Waals surface area contributed by atoms with Gasteiger partial charge in [-0.3, -0.25) is 9.69 Å². The highest BCUT2D eigenvalue weighted by Gasteiger charge is 2.31. The molecule has 0 saturated heterocycles. The maximum Gasteiger partial charge on any atom is 0.279 e. The van der Waals surface area contributed by atoms with Gasteiger partial charge >= 0.3 is 0 Å². The van der Waals surface area contributed by atoms with Crippen LogP contribution < -0.4 is 14.9 Å². The molecule has 13 heteroatoms. The molecule has 3 heterocycles. The topological polar surface area (TPSA) is 108 Å². The van der Waals surface area contributed by atoms with Crippen molar-refractivity contribution in [3.63, 3.8) is 0 Å². The molecule has 2 N–H and O–H groups in total. The second kappa shape index (κ2) is 9.57. The summed E-state index contributed by atoms with van der Waals surface area (Å²) in [7, 11) is -2.09. The summed E-state index contributed by atoms with van der Waals surface area (Å²) >= 11 is 14.0. The third-order valence-corrected chi connectivity index (χ3v) is 8.89. The molecule has 0 atom stereocenters. The van der Waals surface area contributed by atoms with E-state index >= 15 is 0 Å². The van der Waals surface area contributed by atoms with E-state index in [0.717, 1.165) is 16.8 Å². The lowest BCUT2D eigenvalue weighted by molar-refractivity contribution is 0.0985. The maximum absolute atomic E-state index is 13.1. The predicted molar refractivity (Wildman–Crippen MR) is 138 cm³/mol. The first-order valence-electron chi connectivity index (χ1n) is 10.6. The Bertz CT molecular complexity index is 1420. The summed E-state index contributed by atoms with van der Waals surface area (Å²) in [6.45, 7) is 0.711. The molecule has 0 saturated carbocycles. The minimum Gasteiger partial charge on any atom is -0.324 e. The number of hydrogen-bond donors (Lipinski definition) is 2. The van der Waals surface area contributed by atoms with Crippen LogP contribution in [0.3, 0.4) is 0 Å². The van der Waals surface area contributed by atoms with Crippen molar-refractivity contribution in [1.29, 1.82) is 0 Å². The molecule has 182 valence electrons. The molecule has 0 fully saturated rings. The van der Waals surface area contributed by atoms with Gasteiger partial charge in [0.2, 0.25) is 5.95 Å². The van der Waals surface area contributed by atoms with Crippen molar-refractivity contribution in [2.75, 3.05) is 29.7 Å². The number of benzene rings is 2. The molecular weight excluding hydrogens is 531 g/mol. The van der Waals surface area contributed by atoms with Crippen LogP contribution in [0.2, 0.25) is 10.0 Å². The molecular formula is C22H20Cl2N6O3S2. The molecule has 9 nitrogen and oxygen atoms in total. The zero-order chi connectivity index (χ0) is 24.7. The number of carbonyl (C=O) groups excluding carboxylic acids is 1. The number of aromatic nitrogens is 2. The summed E-state index contributed by atoms with van der Waals surface area (Å²) in [5, 5.41) is 4.50. The van der Waals surface area contributed by atoms with E-state index in [9.17, 15) is 13.2 Å². The second-order valence-electron chi connectivity index (χ2n) is 7.89. The van der Waals surface area contributed by atoms with Crippen LogP contribution in [-0.4, -0.2) is 48.1 Å². The summed E-state index contributed by atoms with van der Waals surface area (Å²) < 4.78 is 28.1. The van der Waals surface area contributed by atoms with Gasteiger partial charge in [-0.15, -0.1) is 0 Å². The smallest absolute Gasteiger partial charge is 0.279 e. The number of anilines is 3. The highest BCUT2D eigenvalue weighted by molar-refractivity contribution is 7.99. The number of rotatable bonds is 5. The SMILES string of the molecule is CNS(=O)(=O)N1CCc2ccc(Nc3ncc4c(n3)SCN(c3c(Cl)cccc3Cl)C4=O)cc2C1. The van der Waals surface area contributed by atoms with Gasteiger partial charge in [0.15, 0.2) is 0 Å².